The molecule has 0 aromatic carbocycles. The minimum absolute atomic E-state index is 0.0105. The third-order valence-corrected chi connectivity index (χ3v) is 3.72. The molecule has 94 valence electrons. The van der Waals surface area contributed by atoms with Gasteiger partial charge >= 0.3 is 0 Å². The maximum atomic E-state index is 12.2. The van der Waals surface area contributed by atoms with E-state index >= 15 is 0 Å². The predicted octanol–water partition coefficient (Wildman–Crippen LogP) is 0.509. The summed E-state index contributed by atoms with van der Waals surface area (Å²) < 4.78 is 0. The Hall–Kier alpha value is -0.610. The third kappa shape index (κ3) is 2.74. The van der Waals surface area contributed by atoms with Gasteiger partial charge in [0.2, 0.25) is 5.91 Å². The van der Waals surface area contributed by atoms with Crippen molar-refractivity contribution >= 4 is 5.91 Å². The Bertz CT molecular complexity index is 235. The van der Waals surface area contributed by atoms with Crippen LogP contribution in [0.3, 0.4) is 0 Å². The summed E-state index contributed by atoms with van der Waals surface area (Å²) in [5.74, 6) is 0.352. The number of hydrogen-bond donors (Lipinski definition) is 3. The third-order valence-electron chi connectivity index (χ3n) is 3.72. The first-order valence-electron chi connectivity index (χ1n) is 6.18. The predicted molar refractivity (Wildman–Crippen MR) is 64.1 cm³/mol. The van der Waals surface area contributed by atoms with Gasteiger partial charge in [0.05, 0.1) is 18.1 Å². The van der Waals surface area contributed by atoms with Crippen molar-refractivity contribution in [2.24, 2.45) is 11.3 Å². The van der Waals surface area contributed by atoms with Gasteiger partial charge in [0, 0.05) is 6.54 Å². The van der Waals surface area contributed by atoms with Crippen LogP contribution in [0.5, 0.6) is 0 Å². The highest BCUT2D eigenvalue weighted by atomic mass is 16.3. The molecule has 1 unspecified atom stereocenters. The molecule has 1 saturated heterocycles. The van der Waals surface area contributed by atoms with Gasteiger partial charge in [-0.15, -0.1) is 0 Å². The fraction of sp³-hybridized carbons (Fsp3) is 0.917. The smallest absolute Gasteiger partial charge is 0.227 e. The van der Waals surface area contributed by atoms with Crippen LogP contribution in [0.1, 0.15) is 33.6 Å². The molecule has 4 nitrogen and oxygen atoms in total. The van der Waals surface area contributed by atoms with Gasteiger partial charge in [-0.1, -0.05) is 20.8 Å². The zero-order chi connectivity index (χ0) is 12.2. The number of hydrogen-bond acceptors (Lipinski definition) is 3. The molecule has 0 bridgehead atoms. The summed E-state index contributed by atoms with van der Waals surface area (Å²) in [4.78, 5) is 12.2. The molecule has 0 aromatic heterocycles. The molecule has 4 heteroatoms. The molecule has 1 aliphatic rings. The molecule has 0 saturated carbocycles. The van der Waals surface area contributed by atoms with E-state index in [0.29, 0.717) is 0 Å². The highest BCUT2D eigenvalue weighted by Gasteiger charge is 2.40. The van der Waals surface area contributed by atoms with Gasteiger partial charge in [-0.2, -0.15) is 0 Å². The average Bonchev–Trinajstić information content (AvgIpc) is 2.74. The van der Waals surface area contributed by atoms with Gasteiger partial charge in [0.25, 0.3) is 0 Å². The minimum Gasteiger partial charge on any atom is -0.394 e. The van der Waals surface area contributed by atoms with Crippen molar-refractivity contribution < 1.29 is 9.90 Å². The van der Waals surface area contributed by atoms with Crippen molar-refractivity contribution in [2.45, 2.75) is 39.7 Å². The Kier molecular flexibility index (Phi) is 4.74. The Labute approximate surface area is 97.8 Å². The molecule has 1 fully saturated rings. The molecule has 0 aliphatic carbocycles. The van der Waals surface area contributed by atoms with Gasteiger partial charge in [-0.3, -0.25) is 4.79 Å². The molecule has 0 spiro atoms. The fourth-order valence-corrected chi connectivity index (χ4v) is 2.14. The van der Waals surface area contributed by atoms with E-state index in [9.17, 15) is 9.90 Å². The van der Waals surface area contributed by atoms with Crippen LogP contribution in [0.25, 0.3) is 0 Å². The lowest BCUT2D eigenvalue weighted by molar-refractivity contribution is -0.131. The molecule has 1 rings (SSSR count). The van der Waals surface area contributed by atoms with Crippen LogP contribution in [-0.2, 0) is 4.79 Å². The van der Waals surface area contributed by atoms with E-state index in [1.54, 1.807) is 0 Å². The summed E-state index contributed by atoms with van der Waals surface area (Å²) in [6.07, 6.45) is 1.74. The van der Waals surface area contributed by atoms with Gasteiger partial charge in [-0.05, 0) is 25.3 Å². The maximum absolute atomic E-state index is 12.2. The summed E-state index contributed by atoms with van der Waals surface area (Å²) in [6.45, 7) is 7.74. The SMILES string of the molecule is CCC1(C(=O)N[C@H](CO)C(C)C)CCNC1. The number of amides is 1. The summed E-state index contributed by atoms with van der Waals surface area (Å²) in [5, 5.41) is 15.4. The molecule has 3 N–H and O–H groups in total. The summed E-state index contributed by atoms with van der Waals surface area (Å²) in [5.41, 5.74) is -0.262. The Morgan fingerprint density at radius 2 is 2.25 bits per heavy atom. The van der Waals surface area contributed by atoms with Gasteiger partial charge < -0.3 is 15.7 Å². The van der Waals surface area contributed by atoms with E-state index in [2.05, 4.69) is 17.6 Å². The monoisotopic (exact) mass is 228 g/mol. The fourth-order valence-electron chi connectivity index (χ4n) is 2.14. The second kappa shape index (κ2) is 5.64. The molecule has 1 aliphatic heterocycles. The van der Waals surface area contributed by atoms with Crippen molar-refractivity contribution in [3.63, 3.8) is 0 Å². The first-order chi connectivity index (χ1) is 7.55. The topological polar surface area (TPSA) is 61.4 Å². The van der Waals surface area contributed by atoms with Crippen molar-refractivity contribution in [1.82, 2.24) is 10.6 Å². The quantitative estimate of drug-likeness (QED) is 0.642. The average molecular weight is 228 g/mol. The standard InChI is InChI=1S/C12H24N2O2/c1-4-12(5-6-13-8-12)11(16)14-10(7-15)9(2)3/h9-10,13,15H,4-8H2,1-3H3,(H,14,16)/t10-,12?/m1/s1. The van der Waals surface area contributed by atoms with E-state index in [1.165, 1.54) is 0 Å². The number of aliphatic hydroxyl groups is 1. The lowest BCUT2D eigenvalue weighted by Gasteiger charge is -2.29. The molecule has 0 aromatic rings. The second-order valence-electron chi connectivity index (χ2n) is 5.07. The Balaban J connectivity index is 2.62. The minimum atomic E-state index is -0.262. The van der Waals surface area contributed by atoms with E-state index < -0.39 is 0 Å². The van der Waals surface area contributed by atoms with Crippen LogP contribution in [0, 0.1) is 11.3 Å². The lowest BCUT2D eigenvalue weighted by Crippen LogP contribution is -2.49. The number of carbonyl (C=O) groups is 1. The molecule has 16 heavy (non-hydrogen) atoms. The molecule has 1 amide bonds. The summed E-state index contributed by atoms with van der Waals surface area (Å²) >= 11 is 0. The molecule has 1 heterocycles. The van der Waals surface area contributed by atoms with Crippen LogP contribution >= 0.6 is 0 Å². The van der Waals surface area contributed by atoms with Crippen molar-refractivity contribution in [3.8, 4) is 0 Å². The number of rotatable bonds is 5. The van der Waals surface area contributed by atoms with Gasteiger partial charge in [0.15, 0.2) is 0 Å². The van der Waals surface area contributed by atoms with Crippen LogP contribution in [0.2, 0.25) is 0 Å². The van der Waals surface area contributed by atoms with E-state index in [0.717, 1.165) is 25.9 Å². The van der Waals surface area contributed by atoms with E-state index in [1.807, 2.05) is 13.8 Å². The molecular weight excluding hydrogens is 204 g/mol. The van der Waals surface area contributed by atoms with Gasteiger partial charge in [0.1, 0.15) is 0 Å². The van der Waals surface area contributed by atoms with Crippen molar-refractivity contribution in [3.05, 3.63) is 0 Å². The first-order valence-corrected chi connectivity index (χ1v) is 6.18. The molecule has 2 atom stereocenters. The normalized spacial score (nSPS) is 27.1. The van der Waals surface area contributed by atoms with Crippen molar-refractivity contribution in [1.29, 1.82) is 0 Å². The number of aliphatic hydroxyl groups excluding tert-OH is 1. The summed E-state index contributed by atoms with van der Waals surface area (Å²) in [7, 11) is 0. The summed E-state index contributed by atoms with van der Waals surface area (Å²) in [6, 6.07) is -0.128. The maximum Gasteiger partial charge on any atom is 0.227 e. The largest absolute Gasteiger partial charge is 0.394 e. The second-order valence-corrected chi connectivity index (χ2v) is 5.07. The van der Waals surface area contributed by atoms with Crippen LogP contribution < -0.4 is 10.6 Å². The van der Waals surface area contributed by atoms with Crippen LogP contribution in [0.4, 0.5) is 0 Å². The highest BCUT2D eigenvalue weighted by molar-refractivity contribution is 5.83. The lowest BCUT2D eigenvalue weighted by atomic mass is 9.83. The Morgan fingerprint density at radius 3 is 2.62 bits per heavy atom. The van der Waals surface area contributed by atoms with Gasteiger partial charge in [-0.25, -0.2) is 0 Å². The zero-order valence-electron chi connectivity index (χ0n) is 10.5. The van der Waals surface area contributed by atoms with E-state index in [-0.39, 0.29) is 29.9 Å². The first kappa shape index (κ1) is 13.5. The van der Waals surface area contributed by atoms with E-state index in [4.69, 9.17) is 0 Å². The zero-order valence-corrected chi connectivity index (χ0v) is 10.5. The Morgan fingerprint density at radius 1 is 1.56 bits per heavy atom. The number of nitrogens with one attached hydrogen (secondary N) is 2. The highest BCUT2D eigenvalue weighted by Crippen LogP contribution is 2.29. The number of carbonyl (C=O) groups excluding carboxylic acids is 1. The van der Waals surface area contributed by atoms with Crippen molar-refractivity contribution in [2.75, 3.05) is 19.7 Å². The van der Waals surface area contributed by atoms with Crippen LogP contribution in [0.15, 0.2) is 0 Å². The van der Waals surface area contributed by atoms with Crippen LogP contribution in [-0.4, -0.2) is 36.8 Å². The molecular formula is C12H24N2O2. The molecule has 0 radical (unpaired) electrons.